The van der Waals surface area contributed by atoms with E-state index in [9.17, 15) is 0 Å². The van der Waals surface area contributed by atoms with Crippen LogP contribution in [0.25, 0.3) is 0 Å². The van der Waals surface area contributed by atoms with E-state index in [2.05, 4.69) is 6.92 Å². The summed E-state index contributed by atoms with van der Waals surface area (Å²) in [6.45, 7) is 2.79. The van der Waals surface area contributed by atoms with Crippen LogP contribution in [-0.4, -0.2) is 36.1 Å². The van der Waals surface area contributed by atoms with Gasteiger partial charge in [-0.15, -0.1) is 0 Å². The van der Waals surface area contributed by atoms with E-state index in [1.54, 1.807) is 0 Å². The van der Waals surface area contributed by atoms with Crippen molar-refractivity contribution in [3.05, 3.63) is 0 Å². The third-order valence-electron chi connectivity index (χ3n) is 3.64. The summed E-state index contributed by atoms with van der Waals surface area (Å²) in [5.41, 5.74) is 0. The first-order chi connectivity index (χ1) is 7.80. The average Bonchev–Trinajstić information content (AvgIpc) is 2.33. The molecule has 0 aromatic heterocycles. The van der Waals surface area contributed by atoms with Gasteiger partial charge in [0.1, 0.15) is 6.10 Å². The van der Waals surface area contributed by atoms with Gasteiger partial charge in [-0.2, -0.15) is 0 Å². The lowest BCUT2D eigenvalue weighted by Crippen LogP contribution is -2.27. The molecule has 0 radical (unpaired) electrons. The Morgan fingerprint density at radius 3 is 2.12 bits per heavy atom. The highest BCUT2D eigenvalue weighted by Crippen LogP contribution is 2.31. The van der Waals surface area contributed by atoms with E-state index in [-0.39, 0.29) is 19.3 Å². The largest absolute Gasteiger partial charge is 0.394 e. The molecule has 0 amide bonds. The Balaban J connectivity index is 2.12. The monoisotopic (exact) mass is 230 g/mol. The van der Waals surface area contributed by atoms with Gasteiger partial charge in [0, 0.05) is 6.61 Å². The zero-order chi connectivity index (χ0) is 11.8. The van der Waals surface area contributed by atoms with E-state index in [1.165, 1.54) is 38.5 Å². The predicted octanol–water partition coefficient (Wildman–Crippen LogP) is 1.96. The topological polar surface area (TPSA) is 49.7 Å². The first-order valence-corrected chi connectivity index (χ1v) is 6.63. The fourth-order valence-corrected chi connectivity index (χ4v) is 2.53. The van der Waals surface area contributed by atoms with Gasteiger partial charge < -0.3 is 14.9 Å². The molecule has 0 unspecified atom stereocenters. The highest BCUT2D eigenvalue weighted by atomic mass is 16.5. The minimum absolute atomic E-state index is 0.0817. The summed E-state index contributed by atoms with van der Waals surface area (Å²) in [6, 6.07) is 0. The number of hydrogen-bond donors (Lipinski definition) is 2. The number of hydrogen-bond acceptors (Lipinski definition) is 3. The maximum Gasteiger partial charge on any atom is 0.104 e. The van der Waals surface area contributed by atoms with Crippen molar-refractivity contribution >= 4 is 0 Å². The second-order valence-electron chi connectivity index (χ2n) is 5.00. The molecule has 1 aliphatic carbocycles. The molecule has 1 saturated carbocycles. The smallest absolute Gasteiger partial charge is 0.104 e. The summed E-state index contributed by atoms with van der Waals surface area (Å²) in [5, 5.41) is 17.8. The number of ether oxygens (including phenoxy) is 1. The fourth-order valence-electron chi connectivity index (χ4n) is 2.53. The molecule has 1 rings (SSSR count). The quantitative estimate of drug-likeness (QED) is 0.703. The Morgan fingerprint density at radius 2 is 1.62 bits per heavy atom. The molecule has 0 bridgehead atoms. The summed E-state index contributed by atoms with van der Waals surface area (Å²) in [7, 11) is 0. The number of rotatable bonds is 7. The minimum atomic E-state index is -0.381. The molecule has 0 aromatic carbocycles. The predicted molar refractivity (Wildman–Crippen MR) is 64.3 cm³/mol. The molecule has 0 atom stereocenters. The van der Waals surface area contributed by atoms with Crippen LogP contribution in [0.15, 0.2) is 0 Å². The maximum absolute atomic E-state index is 8.88. The van der Waals surface area contributed by atoms with Crippen molar-refractivity contribution in [2.45, 2.75) is 51.6 Å². The van der Waals surface area contributed by atoms with Gasteiger partial charge in [0.2, 0.25) is 0 Å². The van der Waals surface area contributed by atoms with Crippen LogP contribution in [0, 0.1) is 11.8 Å². The summed E-state index contributed by atoms with van der Waals surface area (Å²) in [4.78, 5) is 0. The van der Waals surface area contributed by atoms with Crippen LogP contribution in [0.5, 0.6) is 0 Å². The number of aliphatic hydroxyl groups is 2. The van der Waals surface area contributed by atoms with E-state index >= 15 is 0 Å². The van der Waals surface area contributed by atoms with Gasteiger partial charge in [-0.25, -0.2) is 0 Å². The van der Waals surface area contributed by atoms with Gasteiger partial charge in [0.25, 0.3) is 0 Å². The summed E-state index contributed by atoms with van der Waals surface area (Å²) >= 11 is 0. The van der Waals surface area contributed by atoms with Crippen LogP contribution < -0.4 is 0 Å². The molecular formula is C13H26O3. The molecular weight excluding hydrogens is 204 g/mol. The van der Waals surface area contributed by atoms with Crippen molar-refractivity contribution in [3.63, 3.8) is 0 Å². The molecule has 1 fully saturated rings. The Morgan fingerprint density at radius 1 is 1.06 bits per heavy atom. The lowest BCUT2D eigenvalue weighted by Gasteiger charge is -2.29. The molecule has 0 aromatic rings. The normalized spacial score (nSPS) is 26.2. The SMILES string of the molecule is CCCC1CCC(COC(CO)CO)CC1. The van der Waals surface area contributed by atoms with Crippen molar-refractivity contribution in [2.75, 3.05) is 19.8 Å². The Bertz CT molecular complexity index is 161. The lowest BCUT2D eigenvalue weighted by atomic mass is 9.80. The standard InChI is InChI=1S/C13H26O3/c1-2-3-11-4-6-12(7-5-11)10-16-13(8-14)9-15/h11-15H,2-10H2,1H3. The Labute approximate surface area is 98.8 Å². The van der Waals surface area contributed by atoms with Gasteiger partial charge in [-0.3, -0.25) is 0 Å². The zero-order valence-electron chi connectivity index (χ0n) is 10.4. The van der Waals surface area contributed by atoms with Crippen LogP contribution in [0.4, 0.5) is 0 Å². The first kappa shape index (κ1) is 13.9. The van der Waals surface area contributed by atoms with Crippen molar-refractivity contribution in [1.29, 1.82) is 0 Å². The fraction of sp³-hybridized carbons (Fsp3) is 1.00. The second-order valence-corrected chi connectivity index (χ2v) is 5.00. The molecule has 96 valence electrons. The first-order valence-electron chi connectivity index (χ1n) is 6.63. The zero-order valence-corrected chi connectivity index (χ0v) is 10.4. The molecule has 3 heteroatoms. The van der Waals surface area contributed by atoms with Crippen LogP contribution >= 0.6 is 0 Å². The van der Waals surface area contributed by atoms with Gasteiger partial charge in [0.05, 0.1) is 13.2 Å². The van der Waals surface area contributed by atoms with E-state index in [0.717, 1.165) is 5.92 Å². The summed E-state index contributed by atoms with van der Waals surface area (Å²) < 4.78 is 5.48. The van der Waals surface area contributed by atoms with Gasteiger partial charge in [0.15, 0.2) is 0 Å². The van der Waals surface area contributed by atoms with Crippen LogP contribution in [0.2, 0.25) is 0 Å². The van der Waals surface area contributed by atoms with E-state index in [1.807, 2.05) is 0 Å². The van der Waals surface area contributed by atoms with Crippen molar-refractivity contribution in [2.24, 2.45) is 11.8 Å². The van der Waals surface area contributed by atoms with E-state index < -0.39 is 0 Å². The van der Waals surface area contributed by atoms with E-state index in [0.29, 0.717) is 12.5 Å². The van der Waals surface area contributed by atoms with Gasteiger partial charge in [-0.1, -0.05) is 32.6 Å². The third kappa shape index (κ3) is 4.81. The summed E-state index contributed by atoms with van der Waals surface area (Å²) in [5.74, 6) is 1.56. The second kappa shape index (κ2) is 8.04. The highest BCUT2D eigenvalue weighted by Gasteiger charge is 2.21. The molecule has 2 N–H and O–H groups in total. The summed E-state index contributed by atoms with van der Waals surface area (Å²) in [6.07, 6.45) is 7.41. The molecule has 1 aliphatic rings. The molecule has 3 nitrogen and oxygen atoms in total. The molecule has 0 spiro atoms. The molecule has 0 aliphatic heterocycles. The maximum atomic E-state index is 8.88. The van der Waals surface area contributed by atoms with Crippen molar-refractivity contribution in [3.8, 4) is 0 Å². The van der Waals surface area contributed by atoms with Crippen LogP contribution in [-0.2, 0) is 4.74 Å². The Kier molecular flexibility index (Phi) is 7.01. The van der Waals surface area contributed by atoms with Crippen LogP contribution in [0.3, 0.4) is 0 Å². The minimum Gasteiger partial charge on any atom is -0.394 e. The molecule has 0 saturated heterocycles. The van der Waals surface area contributed by atoms with Crippen molar-refractivity contribution < 1.29 is 14.9 Å². The highest BCUT2D eigenvalue weighted by molar-refractivity contribution is 4.72. The Hall–Kier alpha value is -0.120. The average molecular weight is 230 g/mol. The van der Waals surface area contributed by atoms with Crippen LogP contribution in [0.1, 0.15) is 45.4 Å². The lowest BCUT2D eigenvalue weighted by molar-refractivity contribution is -0.0392. The van der Waals surface area contributed by atoms with Gasteiger partial charge in [-0.05, 0) is 24.7 Å². The van der Waals surface area contributed by atoms with Crippen molar-refractivity contribution in [1.82, 2.24) is 0 Å². The molecule has 0 heterocycles. The van der Waals surface area contributed by atoms with Gasteiger partial charge >= 0.3 is 0 Å². The van der Waals surface area contributed by atoms with E-state index in [4.69, 9.17) is 14.9 Å². The third-order valence-corrected chi connectivity index (χ3v) is 3.64. The number of aliphatic hydroxyl groups excluding tert-OH is 2. The molecule has 16 heavy (non-hydrogen) atoms.